The van der Waals surface area contributed by atoms with Gasteiger partial charge in [-0.2, -0.15) is 0 Å². The fraction of sp³-hybridized carbons (Fsp3) is 0. The van der Waals surface area contributed by atoms with Gasteiger partial charge in [-0.3, -0.25) is 0 Å². The van der Waals surface area contributed by atoms with E-state index < -0.39 is 15.7 Å². The van der Waals surface area contributed by atoms with E-state index in [0.717, 1.165) is 21.5 Å². The van der Waals surface area contributed by atoms with Crippen LogP contribution in [0.15, 0.2) is 54.6 Å². The van der Waals surface area contributed by atoms with Crippen LogP contribution in [0.5, 0.6) is 0 Å². The average Bonchev–Trinajstić information content (AvgIpc) is 2.34. The molecule has 0 fully saturated rings. The van der Waals surface area contributed by atoms with Crippen LogP contribution in [0.2, 0.25) is 0 Å². The van der Waals surface area contributed by atoms with Crippen LogP contribution in [0.25, 0.3) is 21.5 Å². The summed E-state index contributed by atoms with van der Waals surface area (Å²) in [6, 6.07) is 17.8. The zero-order chi connectivity index (χ0) is 12.8. The number of benzene rings is 3. The van der Waals surface area contributed by atoms with E-state index in [2.05, 4.69) is 24.8 Å². The van der Waals surface area contributed by atoms with Crippen LogP contribution < -0.4 is 15.7 Å². The molecule has 4 heteroatoms. The molecule has 0 saturated heterocycles. The first-order valence-corrected chi connectivity index (χ1v) is 14.8. The van der Waals surface area contributed by atoms with E-state index >= 15 is 0 Å². The van der Waals surface area contributed by atoms with Crippen molar-refractivity contribution in [1.82, 2.24) is 0 Å². The molecule has 0 N–H and O–H groups in total. The minimum absolute atomic E-state index is 0.617. The molecule has 94 valence electrons. The van der Waals surface area contributed by atoms with Crippen molar-refractivity contribution >= 4 is 43.1 Å². The van der Waals surface area contributed by atoms with E-state index in [1.807, 2.05) is 36.4 Å². The number of fused-ring (bicyclic) bond motifs is 2. The van der Waals surface area contributed by atoms with Gasteiger partial charge in [0, 0.05) is 0 Å². The number of hydrogen-bond acceptors (Lipinski definition) is 0. The molecule has 0 nitrogen and oxygen atoms in total. The second-order valence-electron chi connectivity index (χ2n) is 4.04. The Hall–Kier alpha value is -0.390. The summed E-state index contributed by atoms with van der Waals surface area (Å²) >= 11 is -0.884. The number of hydrogen-bond donors (Lipinski definition) is 0. The second kappa shape index (κ2) is 4.62. The molecule has 0 aliphatic rings. The van der Waals surface area contributed by atoms with Gasteiger partial charge in [0.15, 0.2) is 0 Å². The topological polar surface area (TPSA) is 0 Å². The van der Waals surface area contributed by atoms with E-state index in [0.29, 0.717) is 3.57 Å². The van der Waals surface area contributed by atoms with E-state index in [9.17, 15) is 2.86 Å². The van der Waals surface area contributed by atoms with Crippen LogP contribution in [0.3, 0.4) is 0 Å². The molecule has 0 heterocycles. The van der Waals surface area contributed by atoms with Gasteiger partial charge in [0.2, 0.25) is 0 Å². The molecule has 0 radical (unpaired) electrons. The van der Waals surface area contributed by atoms with Crippen LogP contribution in [0.4, 0.5) is 2.86 Å². The van der Waals surface area contributed by atoms with Crippen LogP contribution in [0.1, 0.15) is 0 Å². The third kappa shape index (κ3) is 2.24. The van der Waals surface area contributed by atoms with Crippen molar-refractivity contribution in [2.45, 2.75) is 0 Å². The molecule has 0 aliphatic heterocycles. The van der Waals surface area contributed by atoms with E-state index in [4.69, 9.17) is 8.91 Å². The van der Waals surface area contributed by atoms with Gasteiger partial charge in [-0.05, 0) is 0 Å². The molecule has 0 amide bonds. The quantitative estimate of drug-likeness (QED) is 0.405. The van der Waals surface area contributed by atoms with Gasteiger partial charge in [0.05, 0.1) is 0 Å². The van der Waals surface area contributed by atoms with Crippen LogP contribution in [-0.2, 0) is 0 Å². The Bertz CT molecular complexity index is 737. The molecule has 3 aromatic carbocycles. The molecule has 0 spiro atoms. The third-order valence-electron chi connectivity index (χ3n) is 2.92. The van der Waals surface area contributed by atoms with Gasteiger partial charge in [-0.1, -0.05) is 0 Å². The summed E-state index contributed by atoms with van der Waals surface area (Å²) in [5.74, 6) is 0. The van der Waals surface area contributed by atoms with Crippen molar-refractivity contribution in [2.75, 3.05) is 0 Å². The SMILES string of the molecule is F[I-](Cl)(Br)c1cccc2cc3ccccc3cc12. The summed E-state index contributed by atoms with van der Waals surface area (Å²) in [6.45, 7) is 0. The summed E-state index contributed by atoms with van der Waals surface area (Å²) in [5, 5.41) is 4.19. The van der Waals surface area contributed by atoms with Gasteiger partial charge in [-0.25, -0.2) is 0 Å². The molecular formula is C14H9BrClFI-. The van der Waals surface area contributed by atoms with Gasteiger partial charge in [0.25, 0.3) is 0 Å². The monoisotopic (exact) mass is 437 g/mol. The Morgan fingerprint density at radius 3 is 2.17 bits per heavy atom. The molecule has 3 aromatic rings. The molecular weight excluding hydrogens is 429 g/mol. The van der Waals surface area contributed by atoms with Crippen LogP contribution >= 0.6 is 21.6 Å². The summed E-state index contributed by atoms with van der Waals surface area (Å²) < 4.78 is 14.7. The zero-order valence-corrected chi connectivity index (χ0v) is 13.7. The Morgan fingerprint density at radius 1 is 0.889 bits per heavy atom. The molecule has 1 unspecified atom stereocenters. The predicted molar refractivity (Wildman–Crippen MR) is 76.0 cm³/mol. The zero-order valence-electron chi connectivity index (χ0n) is 9.21. The normalized spacial score (nSPS) is 16.6. The van der Waals surface area contributed by atoms with Crippen molar-refractivity contribution in [3.63, 3.8) is 0 Å². The molecule has 0 bridgehead atoms. The van der Waals surface area contributed by atoms with Gasteiger partial charge in [-0.15, -0.1) is 0 Å². The van der Waals surface area contributed by atoms with Crippen molar-refractivity contribution in [2.24, 2.45) is 0 Å². The first-order chi connectivity index (χ1) is 8.55. The summed E-state index contributed by atoms with van der Waals surface area (Å²) in [7, 11) is 5.92. The van der Waals surface area contributed by atoms with Crippen LogP contribution in [-0.4, -0.2) is 0 Å². The first kappa shape index (κ1) is 12.6. The fourth-order valence-electron chi connectivity index (χ4n) is 2.12. The maximum absolute atomic E-state index is 14.1. The third-order valence-corrected chi connectivity index (χ3v) is 8.38. The van der Waals surface area contributed by atoms with E-state index in [1.165, 1.54) is 0 Å². The molecule has 0 aliphatic carbocycles. The number of halogens is 4. The van der Waals surface area contributed by atoms with Crippen LogP contribution in [0, 0.1) is 3.57 Å². The molecule has 18 heavy (non-hydrogen) atoms. The van der Waals surface area contributed by atoms with E-state index in [-0.39, 0.29) is 0 Å². The Labute approximate surface area is 119 Å². The molecule has 0 aromatic heterocycles. The predicted octanol–water partition coefficient (Wildman–Crippen LogP) is 2.67. The summed E-state index contributed by atoms with van der Waals surface area (Å²) in [4.78, 5) is 0. The Morgan fingerprint density at radius 2 is 1.50 bits per heavy atom. The summed E-state index contributed by atoms with van der Waals surface area (Å²) in [5.41, 5.74) is 0. The second-order valence-corrected chi connectivity index (χ2v) is 17.8. The van der Waals surface area contributed by atoms with Gasteiger partial charge < -0.3 is 0 Å². The average molecular weight is 438 g/mol. The molecule has 0 saturated carbocycles. The Kier molecular flexibility index (Phi) is 3.24. The van der Waals surface area contributed by atoms with Crippen molar-refractivity contribution in [1.29, 1.82) is 0 Å². The summed E-state index contributed by atoms with van der Waals surface area (Å²) in [6.07, 6.45) is 0. The first-order valence-electron chi connectivity index (χ1n) is 5.34. The van der Waals surface area contributed by atoms with Crippen molar-refractivity contribution in [3.05, 3.63) is 58.2 Å². The Balaban J connectivity index is 2.44. The van der Waals surface area contributed by atoms with Gasteiger partial charge >= 0.3 is 120 Å². The standard InChI is InChI=1S/C14H9BrClFI/c15-18(16,17)14-7-3-6-12-8-10-4-1-2-5-11(10)9-13(12)14/h1-9H/q-1. The maximum atomic E-state index is 14.1. The number of rotatable bonds is 1. The van der Waals surface area contributed by atoms with Crippen molar-refractivity contribution in [3.8, 4) is 0 Å². The van der Waals surface area contributed by atoms with E-state index in [1.54, 1.807) is 6.07 Å². The van der Waals surface area contributed by atoms with Crippen molar-refractivity contribution < 1.29 is 18.5 Å². The van der Waals surface area contributed by atoms with Gasteiger partial charge in [0.1, 0.15) is 0 Å². The fourth-order valence-corrected chi connectivity index (χ4v) is 6.45. The minimum atomic E-state index is -3.93. The molecule has 1 atom stereocenters. The molecule has 3 rings (SSSR count).